The van der Waals surface area contributed by atoms with Gasteiger partial charge in [0.1, 0.15) is 5.75 Å². The van der Waals surface area contributed by atoms with Crippen LogP contribution in [0.1, 0.15) is 43.1 Å². The molecular weight excluding hydrogens is 318 g/mol. The maximum atomic E-state index is 11.9. The second-order valence-electron chi connectivity index (χ2n) is 6.48. The molecule has 0 atom stereocenters. The van der Waals surface area contributed by atoms with E-state index in [9.17, 15) is 9.59 Å². The Kier molecular flexibility index (Phi) is 5.80. The summed E-state index contributed by atoms with van der Waals surface area (Å²) >= 11 is 0. The van der Waals surface area contributed by atoms with Crippen molar-refractivity contribution in [3.63, 3.8) is 0 Å². The molecule has 0 heterocycles. The molecule has 0 spiro atoms. The van der Waals surface area contributed by atoms with Crippen molar-refractivity contribution in [3.05, 3.63) is 59.7 Å². The molecule has 0 aromatic heterocycles. The number of nitrogens with one attached hydrogen (secondary N) is 1. The molecule has 0 aliphatic heterocycles. The lowest BCUT2D eigenvalue weighted by Crippen LogP contribution is -2.20. The predicted octanol–water partition coefficient (Wildman–Crippen LogP) is 4.09. The van der Waals surface area contributed by atoms with Gasteiger partial charge >= 0.3 is 5.97 Å². The summed E-state index contributed by atoms with van der Waals surface area (Å²) in [5, 5.41) is 11.5. The second-order valence-corrected chi connectivity index (χ2v) is 6.48. The highest BCUT2D eigenvalue weighted by molar-refractivity contribution is 5.93. The van der Waals surface area contributed by atoms with Crippen LogP contribution in [0.4, 0.5) is 5.69 Å². The highest BCUT2D eigenvalue weighted by atomic mass is 16.5. The molecule has 2 aromatic rings. The Hall–Kier alpha value is -2.82. The number of ether oxygens (including phenoxy) is 1. The molecule has 0 unspecified atom stereocenters. The number of carbonyl (C=O) groups is 2. The van der Waals surface area contributed by atoms with Crippen molar-refractivity contribution in [2.24, 2.45) is 0 Å². The van der Waals surface area contributed by atoms with E-state index in [1.807, 2.05) is 24.3 Å². The number of carboxylic acid groups (broad SMARTS) is 1. The summed E-state index contributed by atoms with van der Waals surface area (Å²) in [6.45, 7) is 6.41. The quantitative estimate of drug-likeness (QED) is 0.795. The largest absolute Gasteiger partial charge is 0.484 e. The zero-order valence-electron chi connectivity index (χ0n) is 14.7. The summed E-state index contributed by atoms with van der Waals surface area (Å²) < 4.78 is 5.50. The molecule has 0 bridgehead atoms. The average molecular weight is 341 g/mol. The number of anilines is 1. The lowest BCUT2D eigenvalue weighted by Gasteiger charge is -2.23. The number of benzene rings is 2. The molecule has 25 heavy (non-hydrogen) atoms. The van der Waals surface area contributed by atoms with Gasteiger partial charge in [-0.05, 0) is 53.8 Å². The fraction of sp³-hybridized carbons (Fsp3) is 0.300. The third-order valence-electron chi connectivity index (χ3n) is 4.31. The molecule has 2 N–H and O–H groups in total. The van der Waals surface area contributed by atoms with Gasteiger partial charge in [0.15, 0.2) is 6.61 Å². The first kappa shape index (κ1) is 18.5. The first-order chi connectivity index (χ1) is 11.8. The standard InChI is InChI=1S/C20H23NO4/c1-4-20(2,3)15-7-11-17(12-8-15)25-13-18(22)21-16-9-5-14(6-10-16)19(23)24/h5-12H,4,13H2,1-3H3,(H,21,22)(H,23,24). The Labute approximate surface area is 147 Å². The van der Waals surface area contributed by atoms with Crippen LogP contribution in [0.25, 0.3) is 0 Å². The minimum absolute atomic E-state index is 0.109. The van der Waals surface area contributed by atoms with E-state index < -0.39 is 5.97 Å². The maximum Gasteiger partial charge on any atom is 0.335 e. The summed E-state index contributed by atoms with van der Waals surface area (Å²) in [5.41, 5.74) is 2.03. The molecular formula is C20H23NO4. The van der Waals surface area contributed by atoms with E-state index in [1.165, 1.54) is 17.7 Å². The van der Waals surface area contributed by atoms with E-state index in [0.717, 1.165) is 6.42 Å². The van der Waals surface area contributed by atoms with Crippen molar-refractivity contribution in [1.82, 2.24) is 0 Å². The normalized spacial score (nSPS) is 11.0. The van der Waals surface area contributed by atoms with Gasteiger partial charge in [-0.25, -0.2) is 4.79 Å². The van der Waals surface area contributed by atoms with Gasteiger partial charge in [0.2, 0.25) is 0 Å². The predicted molar refractivity (Wildman–Crippen MR) is 97.3 cm³/mol. The minimum Gasteiger partial charge on any atom is -0.484 e. The molecule has 132 valence electrons. The summed E-state index contributed by atoms with van der Waals surface area (Å²) in [5.74, 6) is -0.677. The highest BCUT2D eigenvalue weighted by Crippen LogP contribution is 2.28. The van der Waals surface area contributed by atoms with E-state index in [-0.39, 0.29) is 23.5 Å². The van der Waals surface area contributed by atoms with Crippen LogP contribution in [0, 0.1) is 0 Å². The van der Waals surface area contributed by atoms with Crippen LogP contribution < -0.4 is 10.1 Å². The smallest absolute Gasteiger partial charge is 0.335 e. The number of hydrogen-bond donors (Lipinski definition) is 2. The monoisotopic (exact) mass is 341 g/mol. The molecule has 1 amide bonds. The summed E-state index contributed by atoms with van der Waals surface area (Å²) in [6, 6.07) is 13.7. The number of rotatable bonds is 7. The molecule has 0 saturated carbocycles. The Morgan fingerprint density at radius 3 is 2.16 bits per heavy atom. The third-order valence-corrected chi connectivity index (χ3v) is 4.31. The number of carboxylic acids is 1. The highest BCUT2D eigenvalue weighted by Gasteiger charge is 2.17. The average Bonchev–Trinajstić information content (AvgIpc) is 2.61. The topological polar surface area (TPSA) is 75.6 Å². The fourth-order valence-electron chi connectivity index (χ4n) is 2.25. The zero-order chi connectivity index (χ0) is 18.4. The molecule has 2 rings (SSSR count). The lowest BCUT2D eigenvalue weighted by atomic mass is 9.82. The Bertz CT molecular complexity index is 733. The lowest BCUT2D eigenvalue weighted by molar-refractivity contribution is -0.118. The van der Waals surface area contributed by atoms with Crippen molar-refractivity contribution in [2.75, 3.05) is 11.9 Å². The van der Waals surface area contributed by atoms with Crippen molar-refractivity contribution in [1.29, 1.82) is 0 Å². The van der Waals surface area contributed by atoms with Crippen LogP contribution in [-0.4, -0.2) is 23.6 Å². The summed E-state index contributed by atoms with van der Waals surface area (Å²) in [7, 11) is 0. The molecule has 0 aliphatic rings. The summed E-state index contributed by atoms with van der Waals surface area (Å²) in [6.07, 6.45) is 1.04. The van der Waals surface area contributed by atoms with Gasteiger partial charge in [0.25, 0.3) is 5.91 Å². The van der Waals surface area contributed by atoms with Crippen LogP contribution in [0.3, 0.4) is 0 Å². The van der Waals surface area contributed by atoms with Crippen LogP contribution in [0.5, 0.6) is 5.75 Å². The van der Waals surface area contributed by atoms with Crippen LogP contribution in [-0.2, 0) is 10.2 Å². The van der Waals surface area contributed by atoms with Crippen molar-refractivity contribution in [2.45, 2.75) is 32.6 Å². The number of amides is 1. The molecule has 0 fully saturated rings. The van der Waals surface area contributed by atoms with Gasteiger partial charge in [0, 0.05) is 5.69 Å². The fourth-order valence-corrected chi connectivity index (χ4v) is 2.25. The van der Waals surface area contributed by atoms with Gasteiger partial charge < -0.3 is 15.2 Å². The van der Waals surface area contributed by atoms with Gasteiger partial charge in [-0.15, -0.1) is 0 Å². The van der Waals surface area contributed by atoms with Gasteiger partial charge in [-0.1, -0.05) is 32.9 Å². The molecule has 2 aromatic carbocycles. The van der Waals surface area contributed by atoms with Crippen LogP contribution >= 0.6 is 0 Å². The van der Waals surface area contributed by atoms with Gasteiger partial charge in [-0.2, -0.15) is 0 Å². The molecule has 0 aliphatic carbocycles. The number of aromatic carboxylic acids is 1. The molecule has 0 radical (unpaired) electrons. The van der Waals surface area contributed by atoms with Crippen LogP contribution in [0.2, 0.25) is 0 Å². The van der Waals surface area contributed by atoms with E-state index in [4.69, 9.17) is 9.84 Å². The SMILES string of the molecule is CCC(C)(C)c1ccc(OCC(=O)Nc2ccc(C(=O)O)cc2)cc1. The third kappa shape index (κ3) is 5.08. The van der Waals surface area contributed by atoms with Crippen molar-refractivity contribution < 1.29 is 19.4 Å². The maximum absolute atomic E-state index is 11.9. The van der Waals surface area contributed by atoms with Gasteiger partial charge in [0.05, 0.1) is 5.56 Å². The first-order valence-electron chi connectivity index (χ1n) is 8.18. The zero-order valence-corrected chi connectivity index (χ0v) is 14.7. The Balaban J connectivity index is 1.88. The molecule has 0 saturated heterocycles. The summed E-state index contributed by atoms with van der Waals surface area (Å²) in [4.78, 5) is 22.7. The van der Waals surface area contributed by atoms with Crippen LogP contribution in [0.15, 0.2) is 48.5 Å². The van der Waals surface area contributed by atoms with E-state index in [2.05, 4.69) is 26.1 Å². The van der Waals surface area contributed by atoms with E-state index in [1.54, 1.807) is 12.1 Å². The number of carbonyl (C=O) groups excluding carboxylic acids is 1. The van der Waals surface area contributed by atoms with E-state index >= 15 is 0 Å². The van der Waals surface area contributed by atoms with Crippen molar-refractivity contribution >= 4 is 17.6 Å². The minimum atomic E-state index is -1.00. The van der Waals surface area contributed by atoms with Crippen molar-refractivity contribution in [3.8, 4) is 5.75 Å². The van der Waals surface area contributed by atoms with Gasteiger partial charge in [-0.3, -0.25) is 4.79 Å². The Morgan fingerprint density at radius 1 is 1.04 bits per heavy atom. The Morgan fingerprint density at radius 2 is 1.64 bits per heavy atom. The molecule has 5 heteroatoms. The van der Waals surface area contributed by atoms with E-state index in [0.29, 0.717) is 11.4 Å². The number of hydrogen-bond acceptors (Lipinski definition) is 3. The second kappa shape index (κ2) is 7.83. The molecule has 5 nitrogen and oxygen atoms in total. The first-order valence-corrected chi connectivity index (χ1v) is 8.18.